The lowest BCUT2D eigenvalue weighted by Crippen LogP contribution is -2.49. The van der Waals surface area contributed by atoms with Crippen molar-refractivity contribution >= 4 is 93.9 Å². The van der Waals surface area contributed by atoms with Crippen LogP contribution in [-0.2, 0) is 41.8 Å². The Morgan fingerprint density at radius 2 is 0.921 bits per heavy atom. The second kappa shape index (κ2) is 19.6. The molecule has 0 N–H and O–H groups in total. The van der Waals surface area contributed by atoms with Crippen LogP contribution in [0.2, 0.25) is 20.1 Å². The van der Waals surface area contributed by atoms with E-state index in [2.05, 4.69) is 0 Å². The van der Waals surface area contributed by atoms with Gasteiger partial charge in [0.2, 0.25) is 23.6 Å². The summed E-state index contributed by atoms with van der Waals surface area (Å²) in [5.41, 5.74) is 5.96. The van der Waals surface area contributed by atoms with Gasteiger partial charge in [-0.25, -0.2) is 0 Å². The average Bonchev–Trinajstić information content (AvgIpc) is 3.30. The van der Waals surface area contributed by atoms with E-state index < -0.39 is 0 Å². The molecule has 0 saturated carbocycles. The summed E-state index contributed by atoms with van der Waals surface area (Å²) < 4.78 is 0. The Balaban J connectivity index is 1.17. The molecular formula is C46H42Cl4N4O8S. The molecule has 8 rings (SSSR count). The Morgan fingerprint density at radius 1 is 0.540 bits per heavy atom. The molecule has 4 aliphatic rings. The van der Waals surface area contributed by atoms with Crippen LogP contribution in [0.4, 0.5) is 0 Å². The number of carbonyl (C=O) groups is 4. The number of piperazine rings is 2. The molecule has 4 amide bonds. The fourth-order valence-electron chi connectivity index (χ4n) is 7.87. The Labute approximate surface area is 389 Å². The molecule has 4 aliphatic heterocycles. The van der Waals surface area contributed by atoms with Crippen molar-refractivity contribution in [3.05, 3.63) is 103 Å². The average molecular weight is 953 g/mol. The van der Waals surface area contributed by atoms with Crippen LogP contribution in [-0.4, -0.2) is 109 Å². The number of halogens is 4. The SMILES string of the molecule is CC(=O)N1CCN(C(=O)C=Cc2c(-c3ccc4c(c3)CCOO4)cc(Sc3cc(-c4ccc5c(c4)CCOO5)c(C=CC(=O)N4CCN(C(C)=O)CC4)c(Cl)c3Cl)c(Cl)c2Cl)CC1. The largest absolute Gasteiger partial charge is 0.339 e. The highest BCUT2D eigenvalue weighted by molar-refractivity contribution is 7.99. The van der Waals surface area contributed by atoms with Gasteiger partial charge in [0, 0.05) is 123 Å². The zero-order valence-electron chi connectivity index (χ0n) is 34.4. The van der Waals surface area contributed by atoms with E-state index in [1.165, 1.54) is 37.8 Å². The molecule has 63 heavy (non-hydrogen) atoms. The quantitative estimate of drug-likeness (QED) is 0.126. The third-order valence-electron chi connectivity index (χ3n) is 11.5. The predicted molar refractivity (Wildman–Crippen MR) is 244 cm³/mol. The molecule has 0 bridgehead atoms. The van der Waals surface area contributed by atoms with E-state index in [9.17, 15) is 19.2 Å². The van der Waals surface area contributed by atoms with E-state index in [1.54, 1.807) is 31.8 Å². The Kier molecular flexibility index (Phi) is 13.9. The molecule has 328 valence electrons. The van der Waals surface area contributed by atoms with Crippen LogP contribution < -0.4 is 9.78 Å². The molecule has 12 nitrogen and oxygen atoms in total. The van der Waals surface area contributed by atoms with Crippen LogP contribution in [0.3, 0.4) is 0 Å². The van der Waals surface area contributed by atoms with Crippen molar-refractivity contribution in [2.45, 2.75) is 36.5 Å². The number of hydrogen-bond acceptors (Lipinski definition) is 9. The maximum absolute atomic E-state index is 13.5. The van der Waals surface area contributed by atoms with Gasteiger partial charge in [0.25, 0.3) is 0 Å². The summed E-state index contributed by atoms with van der Waals surface area (Å²) in [6.07, 6.45) is 7.57. The molecule has 0 aliphatic carbocycles. The van der Waals surface area contributed by atoms with Gasteiger partial charge in [-0.05, 0) is 70.8 Å². The highest BCUT2D eigenvalue weighted by atomic mass is 35.5. The van der Waals surface area contributed by atoms with Gasteiger partial charge >= 0.3 is 0 Å². The number of fused-ring (bicyclic) bond motifs is 2. The number of benzene rings is 4. The number of nitrogens with zero attached hydrogens (tertiary/aromatic N) is 4. The molecule has 0 radical (unpaired) electrons. The summed E-state index contributed by atoms with van der Waals surface area (Å²) in [4.78, 5) is 79.9. The summed E-state index contributed by atoms with van der Waals surface area (Å²) in [7, 11) is 0. The first-order chi connectivity index (χ1) is 30.4. The van der Waals surface area contributed by atoms with Crippen LogP contribution in [0.5, 0.6) is 11.5 Å². The zero-order valence-corrected chi connectivity index (χ0v) is 38.2. The highest BCUT2D eigenvalue weighted by Crippen LogP contribution is 2.49. The van der Waals surface area contributed by atoms with E-state index in [-0.39, 0.29) is 43.7 Å². The fourth-order valence-corrected chi connectivity index (χ4v) is 10.0. The molecule has 4 aromatic rings. The third-order valence-corrected chi connectivity index (χ3v) is 14.5. The molecule has 0 aromatic heterocycles. The minimum atomic E-state index is -0.215. The van der Waals surface area contributed by atoms with Crippen molar-refractivity contribution in [3.8, 4) is 33.8 Å². The summed E-state index contributed by atoms with van der Waals surface area (Å²) in [6, 6.07) is 15.3. The molecule has 0 spiro atoms. The molecule has 2 saturated heterocycles. The van der Waals surface area contributed by atoms with Gasteiger partial charge in [0.05, 0.1) is 33.3 Å². The molecule has 0 unspecified atom stereocenters. The predicted octanol–water partition coefficient (Wildman–Crippen LogP) is 8.93. The zero-order chi connectivity index (χ0) is 44.4. The number of hydrogen-bond donors (Lipinski definition) is 0. The van der Waals surface area contributed by atoms with Crippen LogP contribution in [0.15, 0.2) is 70.5 Å². The van der Waals surface area contributed by atoms with Crippen LogP contribution in [0, 0.1) is 0 Å². The number of amides is 4. The van der Waals surface area contributed by atoms with Crippen molar-refractivity contribution < 1.29 is 38.7 Å². The Hall–Kier alpha value is -4.73. The lowest BCUT2D eigenvalue weighted by molar-refractivity contribution is -0.215. The molecule has 0 atom stereocenters. The monoisotopic (exact) mass is 950 g/mol. The van der Waals surface area contributed by atoms with Crippen molar-refractivity contribution in [1.29, 1.82) is 0 Å². The molecular weight excluding hydrogens is 910 g/mol. The Morgan fingerprint density at radius 3 is 1.30 bits per heavy atom. The lowest BCUT2D eigenvalue weighted by Gasteiger charge is -2.33. The second-order valence-corrected chi connectivity index (χ2v) is 17.9. The highest BCUT2D eigenvalue weighted by Gasteiger charge is 2.26. The van der Waals surface area contributed by atoms with Crippen molar-refractivity contribution in [2.24, 2.45) is 0 Å². The summed E-state index contributed by atoms with van der Waals surface area (Å²) in [6.45, 7) is 7.31. The topological polar surface area (TPSA) is 118 Å². The first-order valence-electron chi connectivity index (χ1n) is 20.4. The Bertz CT molecular complexity index is 2380. The fraction of sp³-hybridized carbons (Fsp3) is 0.304. The van der Waals surface area contributed by atoms with Crippen molar-refractivity contribution in [1.82, 2.24) is 19.6 Å². The van der Waals surface area contributed by atoms with Gasteiger partial charge in [-0.1, -0.05) is 70.3 Å². The number of carbonyl (C=O) groups excluding carboxylic acids is 4. The normalized spacial score (nSPS) is 16.5. The first kappa shape index (κ1) is 44.9. The van der Waals surface area contributed by atoms with Crippen LogP contribution in [0.1, 0.15) is 36.1 Å². The van der Waals surface area contributed by atoms with Gasteiger partial charge in [0.1, 0.15) is 0 Å². The smallest absolute Gasteiger partial charge is 0.246 e. The van der Waals surface area contributed by atoms with Gasteiger partial charge in [0.15, 0.2) is 11.5 Å². The van der Waals surface area contributed by atoms with E-state index >= 15 is 0 Å². The summed E-state index contributed by atoms with van der Waals surface area (Å²) in [5.74, 6) is 0.742. The van der Waals surface area contributed by atoms with Crippen LogP contribution >= 0.6 is 58.2 Å². The van der Waals surface area contributed by atoms with E-state index in [1.807, 2.05) is 48.5 Å². The minimum absolute atomic E-state index is 0.0230. The van der Waals surface area contributed by atoms with E-state index in [0.717, 1.165) is 22.3 Å². The second-order valence-electron chi connectivity index (χ2n) is 15.3. The van der Waals surface area contributed by atoms with E-state index in [4.69, 9.17) is 66.0 Å². The summed E-state index contributed by atoms with van der Waals surface area (Å²) >= 11 is 29.9. The van der Waals surface area contributed by atoms with Gasteiger partial charge < -0.3 is 29.4 Å². The molecule has 4 aromatic carbocycles. The van der Waals surface area contributed by atoms with Crippen LogP contribution in [0.25, 0.3) is 34.4 Å². The van der Waals surface area contributed by atoms with E-state index in [0.29, 0.717) is 122 Å². The molecule has 2 fully saturated rings. The molecule has 17 heteroatoms. The maximum Gasteiger partial charge on any atom is 0.246 e. The van der Waals surface area contributed by atoms with Gasteiger partial charge in [-0.3, -0.25) is 19.2 Å². The maximum atomic E-state index is 13.5. The van der Waals surface area contributed by atoms with Crippen molar-refractivity contribution in [3.63, 3.8) is 0 Å². The molecule has 4 heterocycles. The van der Waals surface area contributed by atoms with Gasteiger partial charge in [-0.15, -0.1) is 0 Å². The summed E-state index contributed by atoms with van der Waals surface area (Å²) in [5, 5.41) is 0.921. The lowest BCUT2D eigenvalue weighted by atomic mass is 9.96. The van der Waals surface area contributed by atoms with Crippen molar-refractivity contribution in [2.75, 3.05) is 65.6 Å². The minimum Gasteiger partial charge on any atom is -0.339 e. The first-order valence-corrected chi connectivity index (χ1v) is 22.7. The number of rotatable bonds is 8. The standard InChI is InChI=1S/C46H42Cl4N4O8S/c1-27(55)51-13-17-53(18-14-51)41(57)9-5-33-35(29-3-7-37-31(23-29)11-21-59-61-37)25-39(45(49)43(33)47)63-40-26-36(30-4-8-38-32(24-30)12-22-60-62-38)34(44(48)46(40)50)6-10-42(58)54-19-15-52(16-20-54)28(2)56/h3-10,23-26H,11-22H2,1-2H3. The van der Waals surface area contributed by atoms with Gasteiger partial charge in [-0.2, -0.15) is 9.78 Å². The third kappa shape index (κ3) is 9.85.